The fourth-order valence-electron chi connectivity index (χ4n) is 1.85. The highest BCUT2D eigenvalue weighted by Gasteiger charge is 2.03. The summed E-state index contributed by atoms with van der Waals surface area (Å²) in [6, 6.07) is 10.2. The molecule has 4 nitrogen and oxygen atoms in total. The fraction of sp³-hybridized carbons (Fsp3) is 0.400. The van der Waals surface area contributed by atoms with Crippen molar-refractivity contribution in [3.63, 3.8) is 0 Å². The Labute approximate surface area is 114 Å². The first-order chi connectivity index (χ1) is 9.42. The Morgan fingerprint density at radius 3 is 2.84 bits per heavy atom. The van der Waals surface area contributed by atoms with Crippen LogP contribution >= 0.6 is 0 Å². The Morgan fingerprint density at radius 1 is 1.21 bits per heavy atom. The molecule has 0 spiro atoms. The molecule has 0 radical (unpaired) electrons. The van der Waals surface area contributed by atoms with E-state index in [0.717, 1.165) is 44.2 Å². The van der Waals surface area contributed by atoms with Crippen LogP contribution in [-0.4, -0.2) is 29.3 Å². The molecule has 0 amide bonds. The monoisotopic (exact) mass is 259 g/mol. The average Bonchev–Trinajstić information content (AvgIpc) is 2.92. The Bertz CT molecular complexity index is 467. The number of hydrogen-bond donors (Lipinski definition) is 1. The van der Waals surface area contributed by atoms with E-state index in [1.54, 1.807) is 0 Å². The van der Waals surface area contributed by atoms with Crippen molar-refractivity contribution in [2.75, 3.05) is 25.1 Å². The molecule has 4 heteroatoms. The first kappa shape index (κ1) is 13.6. The third-order valence-corrected chi connectivity index (χ3v) is 2.77. The minimum Gasteiger partial charge on any atom is -0.381 e. The number of ether oxygens (including phenoxy) is 1. The van der Waals surface area contributed by atoms with Crippen LogP contribution in [0.15, 0.2) is 42.7 Å². The zero-order valence-corrected chi connectivity index (χ0v) is 11.4. The van der Waals surface area contributed by atoms with Gasteiger partial charge in [-0.1, -0.05) is 25.1 Å². The van der Waals surface area contributed by atoms with E-state index in [0.29, 0.717) is 0 Å². The Morgan fingerprint density at radius 2 is 2.05 bits per heavy atom. The van der Waals surface area contributed by atoms with Gasteiger partial charge in [0.25, 0.3) is 0 Å². The molecule has 0 atom stereocenters. The van der Waals surface area contributed by atoms with Crippen molar-refractivity contribution >= 4 is 5.95 Å². The van der Waals surface area contributed by atoms with Crippen molar-refractivity contribution in [1.29, 1.82) is 0 Å². The van der Waals surface area contributed by atoms with Crippen LogP contribution in [0.5, 0.6) is 0 Å². The lowest BCUT2D eigenvalue weighted by molar-refractivity contribution is 0.134. The molecule has 0 fully saturated rings. The van der Waals surface area contributed by atoms with Crippen molar-refractivity contribution < 1.29 is 4.74 Å². The van der Waals surface area contributed by atoms with Gasteiger partial charge < -0.3 is 10.1 Å². The summed E-state index contributed by atoms with van der Waals surface area (Å²) in [4.78, 5) is 4.34. The normalized spacial score (nSPS) is 10.6. The molecule has 0 unspecified atom stereocenters. The second-order valence-electron chi connectivity index (χ2n) is 4.35. The van der Waals surface area contributed by atoms with Gasteiger partial charge in [0.05, 0.1) is 0 Å². The van der Waals surface area contributed by atoms with Gasteiger partial charge in [0, 0.05) is 37.8 Å². The number of benzene rings is 1. The smallest absolute Gasteiger partial charge is 0.207 e. The van der Waals surface area contributed by atoms with Crippen LogP contribution < -0.4 is 5.32 Å². The van der Waals surface area contributed by atoms with Crippen LogP contribution in [0.3, 0.4) is 0 Å². The second-order valence-corrected chi connectivity index (χ2v) is 4.35. The van der Waals surface area contributed by atoms with Crippen LogP contribution in [-0.2, 0) is 4.74 Å². The number of nitrogens with one attached hydrogen (secondary N) is 1. The Balaban J connectivity index is 1.83. The molecule has 1 aromatic carbocycles. The summed E-state index contributed by atoms with van der Waals surface area (Å²) in [6.07, 6.45) is 5.83. The lowest BCUT2D eigenvalue weighted by Crippen LogP contribution is -2.10. The number of imidazole rings is 1. The van der Waals surface area contributed by atoms with Crippen LogP contribution in [0.25, 0.3) is 5.69 Å². The van der Waals surface area contributed by atoms with E-state index < -0.39 is 0 Å². The number of hydrogen-bond acceptors (Lipinski definition) is 3. The molecule has 0 bridgehead atoms. The van der Waals surface area contributed by atoms with Gasteiger partial charge >= 0.3 is 0 Å². The summed E-state index contributed by atoms with van der Waals surface area (Å²) in [5.74, 6) is 0.877. The molecule has 0 aliphatic carbocycles. The number of para-hydroxylation sites is 1. The largest absolute Gasteiger partial charge is 0.381 e. The maximum absolute atomic E-state index is 5.45. The third-order valence-electron chi connectivity index (χ3n) is 2.77. The van der Waals surface area contributed by atoms with Gasteiger partial charge in [0.15, 0.2) is 0 Å². The predicted octanol–water partition coefficient (Wildman–Crippen LogP) is 3.10. The molecule has 0 aliphatic rings. The van der Waals surface area contributed by atoms with Gasteiger partial charge in [-0.15, -0.1) is 0 Å². The first-order valence-electron chi connectivity index (χ1n) is 6.82. The lowest BCUT2D eigenvalue weighted by Gasteiger charge is -2.09. The van der Waals surface area contributed by atoms with Crippen molar-refractivity contribution in [1.82, 2.24) is 9.55 Å². The topological polar surface area (TPSA) is 39.1 Å². The van der Waals surface area contributed by atoms with Crippen LogP contribution in [0.4, 0.5) is 5.95 Å². The van der Waals surface area contributed by atoms with E-state index in [-0.39, 0.29) is 0 Å². The van der Waals surface area contributed by atoms with Gasteiger partial charge in [0.2, 0.25) is 5.95 Å². The zero-order valence-electron chi connectivity index (χ0n) is 11.4. The second kappa shape index (κ2) is 7.59. The van der Waals surface area contributed by atoms with E-state index in [2.05, 4.69) is 29.4 Å². The number of anilines is 1. The van der Waals surface area contributed by atoms with Gasteiger partial charge in [0.1, 0.15) is 0 Å². The van der Waals surface area contributed by atoms with Crippen molar-refractivity contribution in [2.45, 2.75) is 19.8 Å². The van der Waals surface area contributed by atoms with E-state index >= 15 is 0 Å². The van der Waals surface area contributed by atoms with Crippen LogP contribution in [0.2, 0.25) is 0 Å². The molecule has 0 aliphatic heterocycles. The molecular formula is C15H21N3O. The summed E-state index contributed by atoms with van der Waals surface area (Å²) in [7, 11) is 0. The van der Waals surface area contributed by atoms with E-state index in [1.165, 1.54) is 0 Å². The summed E-state index contributed by atoms with van der Waals surface area (Å²) < 4.78 is 7.50. The maximum atomic E-state index is 5.45. The Hall–Kier alpha value is -1.81. The molecule has 1 N–H and O–H groups in total. The summed E-state index contributed by atoms with van der Waals surface area (Å²) in [6.45, 7) is 4.63. The fourth-order valence-corrected chi connectivity index (χ4v) is 1.85. The molecule has 1 aromatic heterocycles. The van der Waals surface area contributed by atoms with Gasteiger partial charge in [-0.25, -0.2) is 4.98 Å². The lowest BCUT2D eigenvalue weighted by atomic mass is 10.3. The molecule has 102 valence electrons. The van der Waals surface area contributed by atoms with Gasteiger partial charge in [-0.05, 0) is 25.0 Å². The average molecular weight is 259 g/mol. The number of nitrogens with zero attached hydrogens (tertiary/aromatic N) is 2. The Kier molecular flexibility index (Phi) is 5.44. The molecule has 0 saturated heterocycles. The molecule has 1 heterocycles. The third kappa shape index (κ3) is 4.10. The van der Waals surface area contributed by atoms with E-state index in [1.807, 2.05) is 35.2 Å². The van der Waals surface area contributed by atoms with Crippen molar-refractivity contribution in [3.8, 4) is 5.69 Å². The quantitative estimate of drug-likeness (QED) is 0.740. The molecule has 2 aromatic rings. The van der Waals surface area contributed by atoms with Gasteiger partial charge in [-0.2, -0.15) is 0 Å². The molecule has 0 saturated carbocycles. The first-order valence-corrected chi connectivity index (χ1v) is 6.82. The van der Waals surface area contributed by atoms with Gasteiger partial charge in [-0.3, -0.25) is 4.57 Å². The highest BCUT2D eigenvalue weighted by atomic mass is 16.5. The molecular weight excluding hydrogens is 238 g/mol. The zero-order chi connectivity index (χ0) is 13.3. The minimum absolute atomic E-state index is 0.798. The van der Waals surface area contributed by atoms with Crippen LogP contribution in [0.1, 0.15) is 19.8 Å². The summed E-state index contributed by atoms with van der Waals surface area (Å²) >= 11 is 0. The van der Waals surface area contributed by atoms with Crippen molar-refractivity contribution in [2.24, 2.45) is 0 Å². The number of aromatic nitrogens is 2. The highest BCUT2D eigenvalue weighted by Crippen LogP contribution is 2.13. The maximum Gasteiger partial charge on any atom is 0.207 e. The van der Waals surface area contributed by atoms with Crippen molar-refractivity contribution in [3.05, 3.63) is 42.7 Å². The predicted molar refractivity (Wildman–Crippen MR) is 77.8 cm³/mol. The minimum atomic E-state index is 0.798. The molecule has 19 heavy (non-hydrogen) atoms. The highest BCUT2D eigenvalue weighted by molar-refractivity contribution is 5.41. The number of rotatable bonds is 8. The SMILES string of the molecule is CCCOCCCNc1nccn1-c1ccccc1. The molecule has 2 rings (SSSR count). The standard InChI is InChI=1S/C15H21N3O/c1-2-12-19-13-6-9-16-15-17-10-11-18(15)14-7-4-3-5-8-14/h3-5,7-8,10-11H,2,6,9,12-13H2,1H3,(H,16,17). The summed E-state index contributed by atoms with van der Waals surface area (Å²) in [5.41, 5.74) is 1.12. The van der Waals surface area contributed by atoms with E-state index in [9.17, 15) is 0 Å². The summed E-state index contributed by atoms with van der Waals surface area (Å²) in [5, 5.41) is 3.34. The van der Waals surface area contributed by atoms with Crippen LogP contribution in [0, 0.1) is 0 Å². The van der Waals surface area contributed by atoms with E-state index in [4.69, 9.17) is 4.74 Å².